The summed E-state index contributed by atoms with van der Waals surface area (Å²) in [7, 11) is 0. The minimum Gasteiger partial charge on any atom is -0.353 e. The van der Waals surface area contributed by atoms with Crippen LogP contribution >= 0.6 is 15.9 Å². The second-order valence-electron chi connectivity index (χ2n) is 6.88. The molecule has 1 N–H and O–H groups in total. The second kappa shape index (κ2) is 4.36. The normalized spacial score (nSPS) is 44.9. The predicted molar refractivity (Wildman–Crippen MR) is 76.6 cm³/mol. The Bertz CT molecular complexity index is 365. The van der Waals surface area contributed by atoms with Crippen LogP contribution in [0.15, 0.2) is 12.7 Å². The van der Waals surface area contributed by atoms with Gasteiger partial charge >= 0.3 is 0 Å². The molecule has 0 aromatic heterocycles. The maximum atomic E-state index is 12.0. The SMILES string of the molecule is C=CCNC(=O)CC12C[C@H]3C[C@@H](CC(Br)(C3)C1)C2. The maximum absolute atomic E-state index is 12.0. The van der Waals surface area contributed by atoms with Gasteiger partial charge in [0.2, 0.25) is 5.91 Å². The van der Waals surface area contributed by atoms with Gasteiger partial charge in [0.25, 0.3) is 0 Å². The van der Waals surface area contributed by atoms with Crippen molar-refractivity contribution in [1.29, 1.82) is 0 Å². The van der Waals surface area contributed by atoms with E-state index >= 15 is 0 Å². The van der Waals surface area contributed by atoms with Gasteiger partial charge in [0.15, 0.2) is 0 Å². The van der Waals surface area contributed by atoms with E-state index in [0.29, 0.717) is 16.3 Å². The van der Waals surface area contributed by atoms with Crippen molar-refractivity contribution in [2.75, 3.05) is 6.54 Å². The van der Waals surface area contributed by atoms with Crippen LogP contribution in [0.1, 0.15) is 44.9 Å². The molecule has 0 radical (unpaired) electrons. The minimum absolute atomic E-state index is 0.216. The summed E-state index contributed by atoms with van der Waals surface area (Å²) >= 11 is 3.99. The molecule has 3 heteroatoms. The van der Waals surface area contributed by atoms with Gasteiger partial charge in [-0.3, -0.25) is 4.79 Å². The molecule has 18 heavy (non-hydrogen) atoms. The topological polar surface area (TPSA) is 29.1 Å². The molecule has 0 aliphatic heterocycles. The number of alkyl halides is 1. The molecule has 0 saturated heterocycles. The highest BCUT2D eigenvalue weighted by atomic mass is 79.9. The zero-order valence-corrected chi connectivity index (χ0v) is 12.5. The highest BCUT2D eigenvalue weighted by Gasteiger charge is 2.57. The summed E-state index contributed by atoms with van der Waals surface area (Å²) in [6.07, 6.45) is 10.3. The van der Waals surface area contributed by atoms with E-state index in [1.54, 1.807) is 6.08 Å². The molecule has 0 heterocycles. The van der Waals surface area contributed by atoms with E-state index in [9.17, 15) is 4.79 Å². The molecule has 4 fully saturated rings. The summed E-state index contributed by atoms with van der Waals surface area (Å²) in [4.78, 5) is 12.0. The minimum atomic E-state index is 0.216. The molecule has 4 bridgehead atoms. The predicted octanol–water partition coefficient (Wildman–Crippen LogP) is 3.41. The van der Waals surface area contributed by atoms with Gasteiger partial charge in [-0.05, 0) is 55.8 Å². The standard InChI is InChI=1S/C15H22BrNO/c1-2-3-17-13(18)9-14-5-11-4-12(6-14)8-15(16,7-11)10-14/h2,11-12H,1,3-10H2,(H,17,18)/t11-,12-,14?,15?/m1/s1. The van der Waals surface area contributed by atoms with Crippen LogP contribution in [0.4, 0.5) is 0 Å². The van der Waals surface area contributed by atoms with Crippen molar-refractivity contribution in [3.63, 3.8) is 0 Å². The Morgan fingerprint density at radius 2 is 2.00 bits per heavy atom. The van der Waals surface area contributed by atoms with Crippen LogP contribution in [0.3, 0.4) is 0 Å². The van der Waals surface area contributed by atoms with Crippen LogP contribution in [-0.2, 0) is 4.79 Å². The molecule has 1 amide bonds. The first-order valence-electron chi connectivity index (χ1n) is 7.09. The molecule has 0 aromatic rings. The van der Waals surface area contributed by atoms with Crippen molar-refractivity contribution in [1.82, 2.24) is 5.32 Å². The number of amides is 1. The van der Waals surface area contributed by atoms with Crippen LogP contribution in [-0.4, -0.2) is 16.8 Å². The van der Waals surface area contributed by atoms with Gasteiger partial charge < -0.3 is 5.32 Å². The van der Waals surface area contributed by atoms with E-state index in [4.69, 9.17) is 0 Å². The van der Waals surface area contributed by atoms with E-state index in [1.165, 1.54) is 38.5 Å². The second-order valence-corrected chi connectivity index (χ2v) is 8.56. The Morgan fingerprint density at radius 3 is 2.56 bits per heavy atom. The van der Waals surface area contributed by atoms with E-state index in [1.807, 2.05) is 0 Å². The molecule has 4 aliphatic rings. The summed E-state index contributed by atoms with van der Waals surface area (Å²) in [5.74, 6) is 1.93. The van der Waals surface area contributed by atoms with Crippen molar-refractivity contribution in [3.8, 4) is 0 Å². The molecular formula is C15H22BrNO. The highest BCUT2D eigenvalue weighted by molar-refractivity contribution is 9.10. The van der Waals surface area contributed by atoms with Gasteiger partial charge in [-0.1, -0.05) is 22.0 Å². The Labute approximate surface area is 118 Å². The fourth-order valence-corrected chi connectivity index (χ4v) is 6.64. The summed E-state index contributed by atoms with van der Waals surface area (Å²) < 4.78 is 0.357. The van der Waals surface area contributed by atoms with Crippen molar-refractivity contribution in [2.45, 2.75) is 49.3 Å². The fourth-order valence-electron chi connectivity index (χ4n) is 5.13. The Hall–Kier alpha value is -0.310. The van der Waals surface area contributed by atoms with Gasteiger partial charge in [0.1, 0.15) is 0 Å². The first-order valence-corrected chi connectivity index (χ1v) is 7.88. The third kappa shape index (κ3) is 2.26. The number of carbonyl (C=O) groups is 1. The van der Waals surface area contributed by atoms with E-state index < -0.39 is 0 Å². The molecule has 2 nitrogen and oxygen atoms in total. The van der Waals surface area contributed by atoms with Gasteiger partial charge in [-0.2, -0.15) is 0 Å². The monoisotopic (exact) mass is 311 g/mol. The first kappa shape index (κ1) is 12.7. The quantitative estimate of drug-likeness (QED) is 0.625. The van der Waals surface area contributed by atoms with Crippen molar-refractivity contribution >= 4 is 21.8 Å². The Morgan fingerprint density at radius 1 is 1.33 bits per heavy atom. The average molecular weight is 312 g/mol. The van der Waals surface area contributed by atoms with Crippen molar-refractivity contribution < 1.29 is 4.79 Å². The van der Waals surface area contributed by atoms with E-state index in [0.717, 1.165) is 18.3 Å². The van der Waals surface area contributed by atoms with E-state index in [-0.39, 0.29) is 5.91 Å². The summed E-state index contributed by atoms with van der Waals surface area (Å²) in [5, 5.41) is 2.95. The molecule has 4 aliphatic carbocycles. The third-order valence-electron chi connectivity index (χ3n) is 5.09. The van der Waals surface area contributed by atoms with E-state index in [2.05, 4.69) is 27.8 Å². The van der Waals surface area contributed by atoms with Crippen molar-refractivity contribution in [2.24, 2.45) is 17.3 Å². The molecule has 0 aromatic carbocycles. The van der Waals surface area contributed by atoms with Crippen LogP contribution in [0.25, 0.3) is 0 Å². The zero-order valence-electron chi connectivity index (χ0n) is 10.9. The lowest BCUT2D eigenvalue weighted by molar-refractivity contribution is -0.127. The molecular weight excluding hydrogens is 290 g/mol. The molecule has 4 saturated carbocycles. The summed E-state index contributed by atoms with van der Waals surface area (Å²) in [5.41, 5.74) is 0.291. The lowest BCUT2D eigenvalue weighted by Gasteiger charge is -2.60. The van der Waals surface area contributed by atoms with Gasteiger partial charge in [-0.15, -0.1) is 6.58 Å². The fraction of sp³-hybridized carbons (Fsp3) is 0.800. The summed E-state index contributed by atoms with van der Waals surface area (Å²) in [6, 6.07) is 0. The number of nitrogens with one attached hydrogen (secondary N) is 1. The van der Waals surface area contributed by atoms with Crippen LogP contribution in [0, 0.1) is 17.3 Å². The number of halogens is 1. The average Bonchev–Trinajstić information content (AvgIpc) is 2.21. The Kier molecular flexibility index (Phi) is 3.08. The van der Waals surface area contributed by atoms with Gasteiger partial charge in [0.05, 0.1) is 0 Å². The van der Waals surface area contributed by atoms with Crippen LogP contribution in [0.2, 0.25) is 0 Å². The largest absolute Gasteiger partial charge is 0.353 e. The van der Waals surface area contributed by atoms with Gasteiger partial charge in [-0.25, -0.2) is 0 Å². The molecule has 2 atom stereocenters. The molecule has 0 spiro atoms. The molecule has 100 valence electrons. The molecule has 0 unspecified atom stereocenters. The number of hydrogen-bond donors (Lipinski definition) is 1. The van der Waals surface area contributed by atoms with Gasteiger partial charge in [0, 0.05) is 17.3 Å². The molecule has 4 rings (SSSR count). The summed E-state index contributed by atoms with van der Waals surface area (Å²) in [6.45, 7) is 4.25. The maximum Gasteiger partial charge on any atom is 0.220 e. The Balaban J connectivity index is 1.71. The third-order valence-corrected chi connectivity index (χ3v) is 6.02. The number of hydrogen-bond acceptors (Lipinski definition) is 1. The number of carbonyl (C=O) groups excluding carboxylic acids is 1. The smallest absolute Gasteiger partial charge is 0.220 e. The van der Waals surface area contributed by atoms with Crippen LogP contribution in [0.5, 0.6) is 0 Å². The lowest BCUT2D eigenvalue weighted by Crippen LogP contribution is -2.54. The first-order chi connectivity index (χ1) is 8.53. The lowest BCUT2D eigenvalue weighted by atomic mass is 9.48. The van der Waals surface area contributed by atoms with Crippen molar-refractivity contribution in [3.05, 3.63) is 12.7 Å². The van der Waals surface area contributed by atoms with Crippen LogP contribution < -0.4 is 5.32 Å². The highest BCUT2D eigenvalue weighted by Crippen LogP contribution is 2.65. The zero-order chi connectivity index (χ0) is 12.8. The number of rotatable bonds is 4.